The van der Waals surface area contributed by atoms with Crippen LogP contribution in [-0.2, 0) is 20.8 Å². The zero-order chi connectivity index (χ0) is 22.9. The quantitative estimate of drug-likeness (QED) is 0.340. The number of hydrogen-bond donors (Lipinski definition) is 3. The summed E-state index contributed by atoms with van der Waals surface area (Å²) in [5, 5.41) is 13.4. The molecule has 1 aromatic rings. The largest absolute Gasteiger partial charge is 0.444 e. The monoisotopic (exact) mass is 427 g/mol. The summed E-state index contributed by atoms with van der Waals surface area (Å²) in [6.07, 6.45) is 2.37. The number of carbonyl (C=O) groups excluding carboxylic acids is 2. The fraction of sp³-hybridized carbons (Fsp3) is 0.737. The van der Waals surface area contributed by atoms with Crippen molar-refractivity contribution in [1.29, 1.82) is 0 Å². The fourth-order valence-electron chi connectivity index (χ4n) is 2.39. The highest BCUT2D eigenvalue weighted by Gasteiger charge is 2.29. The molecule has 1 rings (SSSR count). The molecule has 30 heavy (non-hydrogen) atoms. The number of hydroxylamine groups is 1. The molecule has 0 aliphatic rings. The van der Waals surface area contributed by atoms with E-state index >= 15 is 0 Å². The highest BCUT2D eigenvalue weighted by molar-refractivity contribution is 5.87. The maximum absolute atomic E-state index is 12.4. The van der Waals surface area contributed by atoms with Crippen LogP contribution in [0, 0.1) is 10.1 Å². The topological polar surface area (TPSA) is 148 Å². The molecule has 0 fully saturated rings. The smallest absolute Gasteiger partial charge is 0.432 e. The minimum Gasteiger partial charge on any atom is -0.444 e. The molecular weight excluding hydrogens is 394 g/mol. The van der Waals surface area contributed by atoms with Crippen molar-refractivity contribution in [2.24, 2.45) is 0 Å². The molecule has 1 aromatic heterocycles. The van der Waals surface area contributed by atoms with Gasteiger partial charge in [-0.1, -0.05) is 18.3 Å². The number of Topliss-reactive ketones (excluding diaryl/α,β-unsaturated/α-hetero) is 1. The third-order valence-electron chi connectivity index (χ3n) is 4.04. The molecule has 0 aliphatic carbocycles. The van der Waals surface area contributed by atoms with Crippen LogP contribution in [-0.4, -0.2) is 50.6 Å². The lowest BCUT2D eigenvalue weighted by Crippen LogP contribution is -2.50. The second kappa shape index (κ2) is 11.0. The van der Waals surface area contributed by atoms with Gasteiger partial charge in [0.2, 0.25) is 0 Å². The van der Waals surface area contributed by atoms with Gasteiger partial charge in [-0.3, -0.25) is 9.63 Å². The molecule has 11 nitrogen and oxygen atoms in total. The van der Waals surface area contributed by atoms with Crippen LogP contribution < -0.4 is 10.8 Å². The molecule has 1 unspecified atom stereocenters. The number of nitrogens with zero attached hydrogens (tertiary/aromatic N) is 2. The van der Waals surface area contributed by atoms with Crippen LogP contribution in [0.1, 0.15) is 66.5 Å². The Morgan fingerprint density at radius 1 is 1.30 bits per heavy atom. The van der Waals surface area contributed by atoms with Crippen molar-refractivity contribution < 1.29 is 24.1 Å². The van der Waals surface area contributed by atoms with E-state index in [0.717, 1.165) is 12.8 Å². The Morgan fingerprint density at radius 2 is 1.97 bits per heavy atom. The molecule has 0 aromatic carbocycles. The van der Waals surface area contributed by atoms with E-state index in [1.807, 2.05) is 6.92 Å². The zero-order valence-corrected chi connectivity index (χ0v) is 18.5. The van der Waals surface area contributed by atoms with Gasteiger partial charge < -0.3 is 20.2 Å². The van der Waals surface area contributed by atoms with Crippen LogP contribution in [0.5, 0.6) is 0 Å². The van der Waals surface area contributed by atoms with Crippen LogP contribution in [0.3, 0.4) is 0 Å². The van der Waals surface area contributed by atoms with Gasteiger partial charge in [0, 0.05) is 19.4 Å². The molecule has 0 radical (unpaired) electrons. The summed E-state index contributed by atoms with van der Waals surface area (Å²) in [5.41, 5.74) is 1.65. The van der Waals surface area contributed by atoms with Crippen molar-refractivity contribution in [3.05, 3.63) is 22.0 Å². The lowest BCUT2D eigenvalue weighted by Gasteiger charge is -2.28. The van der Waals surface area contributed by atoms with Gasteiger partial charge in [0.05, 0.1) is 5.54 Å². The van der Waals surface area contributed by atoms with Crippen LogP contribution in [0.4, 0.5) is 10.7 Å². The van der Waals surface area contributed by atoms with Gasteiger partial charge in [-0.25, -0.2) is 9.78 Å². The van der Waals surface area contributed by atoms with Crippen LogP contribution >= 0.6 is 0 Å². The van der Waals surface area contributed by atoms with E-state index in [2.05, 4.69) is 20.8 Å². The summed E-state index contributed by atoms with van der Waals surface area (Å²) in [6, 6.07) is 0. The number of ether oxygens (including phenoxy) is 1. The molecule has 0 saturated heterocycles. The Hall–Kier alpha value is -2.53. The number of nitro groups is 1. The number of rotatable bonds is 12. The van der Waals surface area contributed by atoms with Crippen LogP contribution in [0.25, 0.3) is 0 Å². The van der Waals surface area contributed by atoms with Crippen molar-refractivity contribution in [1.82, 2.24) is 20.8 Å². The second-order valence-electron chi connectivity index (χ2n) is 8.57. The van der Waals surface area contributed by atoms with E-state index < -0.39 is 28.3 Å². The number of aromatic amines is 1. The van der Waals surface area contributed by atoms with Crippen molar-refractivity contribution in [2.75, 3.05) is 6.54 Å². The average molecular weight is 428 g/mol. The summed E-state index contributed by atoms with van der Waals surface area (Å²) in [6.45, 7) is 10.7. The average Bonchev–Trinajstić information content (AvgIpc) is 3.09. The van der Waals surface area contributed by atoms with Crippen molar-refractivity contribution in [2.45, 2.75) is 84.5 Å². The summed E-state index contributed by atoms with van der Waals surface area (Å²) in [7, 11) is 0. The van der Waals surface area contributed by atoms with Gasteiger partial charge in [-0.15, -0.1) is 0 Å². The number of carbonyl (C=O) groups is 2. The summed E-state index contributed by atoms with van der Waals surface area (Å²) < 4.78 is 5.21. The zero-order valence-electron chi connectivity index (χ0n) is 18.5. The van der Waals surface area contributed by atoms with Crippen LogP contribution in [0.2, 0.25) is 0 Å². The first-order chi connectivity index (χ1) is 13.8. The highest BCUT2D eigenvalue weighted by atomic mass is 16.7. The third kappa shape index (κ3) is 9.31. The molecule has 11 heteroatoms. The fourth-order valence-corrected chi connectivity index (χ4v) is 2.39. The van der Waals surface area contributed by atoms with Gasteiger partial charge in [-0.2, -0.15) is 5.48 Å². The molecule has 0 spiro atoms. The number of alkyl carbamates (subject to hydrolysis) is 1. The molecule has 0 bridgehead atoms. The molecule has 3 N–H and O–H groups in total. The maximum atomic E-state index is 12.4. The number of amides is 1. The SMILES string of the molecule is CCCCC(=O)C(C)(C)NOC(CNC(=O)OC(C)(C)C)Cc1cnc([N+](=O)[O-])[nH]1. The lowest BCUT2D eigenvalue weighted by atomic mass is 9.96. The lowest BCUT2D eigenvalue weighted by molar-refractivity contribution is -0.393. The van der Waals surface area contributed by atoms with E-state index in [-0.39, 0.29) is 24.7 Å². The standard InChI is InChI=1S/C19H33N5O6/c1-7-8-9-15(25)19(5,6)23-30-14(12-21-17(26)29-18(2,3)4)10-13-11-20-16(22-13)24(27)28/h11,14,23H,7-10,12H2,1-6H3,(H,20,22)(H,21,26). The number of unbranched alkanes of at least 4 members (excludes halogenated alkanes) is 1. The number of H-pyrrole nitrogens is 1. The normalized spacial score (nSPS) is 13.0. The first kappa shape index (κ1) is 25.5. The first-order valence-corrected chi connectivity index (χ1v) is 9.95. The summed E-state index contributed by atoms with van der Waals surface area (Å²) >= 11 is 0. The third-order valence-corrected chi connectivity index (χ3v) is 4.04. The molecule has 0 saturated carbocycles. The predicted octanol–water partition coefficient (Wildman–Crippen LogP) is 2.81. The molecular formula is C19H33N5O6. The van der Waals surface area contributed by atoms with E-state index in [4.69, 9.17) is 9.57 Å². The van der Waals surface area contributed by atoms with Gasteiger partial charge in [0.1, 0.15) is 23.6 Å². The number of aromatic nitrogens is 2. The minimum absolute atomic E-state index is 0.000351. The van der Waals surface area contributed by atoms with E-state index in [9.17, 15) is 19.7 Å². The maximum Gasteiger partial charge on any atom is 0.432 e. The van der Waals surface area contributed by atoms with Gasteiger partial charge >= 0.3 is 12.0 Å². The Kier molecular flexibility index (Phi) is 9.37. The van der Waals surface area contributed by atoms with Crippen molar-refractivity contribution in [3.63, 3.8) is 0 Å². The number of hydrogen-bond acceptors (Lipinski definition) is 8. The molecule has 170 valence electrons. The van der Waals surface area contributed by atoms with Gasteiger partial charge in [0.25, 0.3) is 0 Å². The Bertz CT molecular complexity index is 725. The first-order valence-electron chi connectivity index (χ1n) is 9.95. The summed E-state index contributed by atoms with van der Waals surface area (Å²) in [4.78, 5) is 46.5. The predicted molar refractivity (Wildman–Crippen MR) is 110 cm³/mol. The Balaban J connectivity index is 2.79. The van der Waals surface area contributed by atoms with E-state index in [1.165, 1.54) is 6.20 Å². The van der Waals surface area contributed by atoms with Crippen molar-refractivity contribution in [3.8, 4) is 0 Å². The minimum atomic E-state index is -0.931. The van der Waals surface area contributed by atoms with E-state index in [1.54, 1.807) is 34.6 Å². The highest BCUT2D eigenvalue weighted by Crippen LogP contribution is 2.13. The molecule has 1 atom stereocenters. The molecule has 0 aliphatic heterocycles. The molecule has 1 heterocycles. The summed E-state index contributed by atoms with van der Waals surface area (Å²) in [5.74, 6) is -0.382. The Labute approximate surface area is 176 Å². The number of imidazole rings is 1. The van der Waals surface area contributed by atoms with E-state index in [0.29, 0.717) is 12.1 Å². The second-order valence-corrected chi connectivity index (χ2v) is 8.57. The van der Waals surface area contributed by atoms with Crippen LogP contribution in [0.15, 0.2) is 6.20 Å². The number of nitrogens with one attached hydrogen (secondary N) is 3. The van der Waals surface area contributed by atoms with Gasteiger partial charge in [0.15, 0.2) is 5.78 Å². The number of ketones is 1. The Morgan fingerprint density at radius 3 is 2.50 bits per heavy atom. The molecule has 1 amide bonds. The van der Waals surface area contributed by atoms with Gasteiger partial charge in [-0.05, 0) is 46.0 Å². The van der Waals surface area contributed by atoms with Crippen molar-refractivity contribution >= 4 is 17.8 Å².